The summed E-state index contributed by atoms with van der Waals surface area (Å²) in [4.78, 5) is 13.1. The minimum Gasteiger partial charge on any atom is -0.465 e. The number of nitrogens with zero attached hydrogens (tertiary/aromatic N) is 3. The van der Waals surface area contributed by atoms with Crippen molar-refractivity contribution in [3.05, 3.63) is 15.8 Å². The number of anilines is 2. The van der Waals surface area contributed by atoms with Crippen LogP contribution in [-0.4, -0.2) is 40.1 Å². The van der Waals surface area contributed by atoms with Crippen molar-refractivity contribution < 1.29 is 9.90 Å². The van der Waals surface area contributed by atoms with Crippen LogP contribution in [0.3, 0.4) is 0 Å². The smallest absolute Gasteiger partial charge is 0.404 e. The normalized spacial score (nSPS) is 18.6. The molecule has 2 heterocycles. The van der Waals surface area contributed by atoms with Gasteiger partial charge in [-0.1, -0.05) is 0 Å². The summed E-state index contributed by atoms with van der Waals surface area (Å²) in [5.41, 5.74) is 8.80. The molecule has 8 heteroatoms. The molecule has 0 bridgehead atoms. The van der Waals surface area contributed by atoms with E-state index in [0.29, 0.717) is 12.2 Å². The van der Waals surface area contributed by atoms with Crippen molar-refractivity contribution in [1.82, 2.24) is 15.1 Å². The fourth-order valence-electron chi connectivity index (χ4n) is 3.06. The van der Waals surface area contributed by atoms with Crippen LogP contribution in [0.4, 0.5) is 16.2 Å². The summed E-state index contributed by atoms with van der Waals surface area (Å²) in [6.07, 6.45) is 0.800. The summed E-state index contributed by atoms with van der Waals surface area (Å²) >= 11 is 2.27. The number of aromatic nitrogens is 2. The minimum atomic E-state index is -0.978. The molecule has 1 aromatic heterocycles. The van der Waals surface area contributed by atoms with Gasteiger partial charge < -0.3 is 21.1 Å². The summed E-state index contributed by atoms with van der Waals surface area (Å²) in [7, 11) is 1.91. The van der Waals surface area contributed by atoms with Crippen molar-refractivity contribution in [2.75, 3.05) is 23.7 Å². The molecule has 2 aromatic rings. The van der Waals surface area contributed by atoms with Gasteiger partial charge in [-0.25, -0.2) is 4.79 Å². The number of fused-ring (bicyclic) bond motifs is 1. The maximum absolute atomic E-state index is 10.9. The van der Waals surface area contributed by atoms with Gasteiger partial charge in [-0.3, -0.25) is 4.68 Å². The Bertz CT molecular complexity index is 730. The second-order valence-electron chi connectivity index (χ2n) is 5.55. The second-order valence-corrected chi connectivity index (χ2v) is 6.57. The third kappa shape index (κ3) is 2.67. The van der Waals surface area contributed by atoms with E-state index in [0.717, 1.165) is 39.7 Å². The van der Waals surface area contributed by atoms with Gasteiger partial charge in [0.15, 0.2) is 0 Å². The molecule has 1 aromatic carbocycles. The standard InChI is InChI=1S/C14H18IN5O2/c1-19-13(15)11-10(18-19)5-4-9(16)12(11)20-6-2-3-8(7-20)17-14(21)22/h4-5,8,17H,2-3,6-7,16H2,1H3,(H,21,22). The van der Waals surface area contributed by atoms with Crippen LogP contribution >= 0.6 is 22.6 Å². The molecule has 1 aliphatic rings. The van der Waals surface area contributed by atoms with Crippen LogP contribution in [0, 0.1) is 3.70 Å². The third-order valence-electron chi connectivity index (χ3n) is 4.00. The Morgan fingerprint density at radius 2 is 2.32 bits per heavy atom. The van der Waals surface area contributed by atoms with Gasteiger partial charge in [0.05, 0.1) is 22.3 Å². The monoisotopic (exact) mass is 415 g/mol. The highest BCUT2D eigenvalue weighted by atomic mass is 127. The van der Waals surface area contributed by atoms with E-state index in [1.54, 1.807) is 0 Å². The highest BCUT2D eigenvalue weighted by Crippen LogP contribution is 2.36. The Hall–Kier alpha value is -1.71. The molecule has 7 nitrogen and oxygen atoms in total. The number of benzene rings is 1. The van der Waals surface area contributed by atoms with E-state index in [9.17, 15) is 4.79 Å². The SMILES string of the molecule is Cn1nc2ccc(N)c(N3CCCC(NC(=O)O)C3)c2c1I. The first kappa shape index (κ1) is 15.2. The highest BCUT2D eigenvalue weighted by molar-refractivity contribution is 14.1. The lowest BCUT2D eigenvalue weighted by Gasteiger charge is -2.35. The first-order valence-electron chi connectivity index (χ1n) is 7.12. The number of halogens is 1. The van der Waals surface area contributed by atoms with Crippen LogP contribution in [-0.2, 0) is 7.05 Å². The maximum Gasteiger partial charge on any atom is 0.404 e. The van der Waals surface area contributed by atoms with Crippen molar-refractivity contribution in [1.29, 1.82) is 0 Å². The van der Waals surface area contributed by atoms with Crippen LogP contribution in [0.5, 0.6) is 0 Å². The number of hydrogen-bond donors (Lipinski definition) is 3. The fraction of sp³-hybridized carbons (Fsp3) is 0.429. The van der Waals surface area contributed by atoms with E-state index >= 15 is 0 Å². The summed E-state index contributed by atoms with van der Waals surface area (Å²) in [5.74, 6) is 0. The molecule has 1 saturated heterocycles. The molecule has 1 atom stereocenters. The van der Waals surface area contributed by atoms with Gasteiger partial charge in [0.25, 0.3) is 0 Å². The van der Waals surface area contributed by atoms with E-state index in [1.807, 2.05) is 23.9 Å². The number of rotatable bonds is 2. The van der Waals surface area contributed by atoms with Crippen molar-refractivity contribution in [3.8, 4) is 0 Å². The van der Waals surface area contributed by atoms with Crippen LogP contribution in [0.2, 0.25) is 0 Å². The average molecular weight is 415 g/mol. The van der Waals surface area contributed by atoms with Crippen molar-refractivity contribution in [3.63, 3.8) is 0 Å². The lowest BCUT2D eigenvalue weighted by Crippen LogP contribution is -2.47. The first-order valence-corrected chi connectivity index (χ1v) is 8.20. The van der Waals surface area contributed by atoms with Gasteiger partial charge in [-0.2, -0.15) is 5.10 Å². The van der Waals surface area contributed by atoms with Gasteiger partial charge in [0.2, 0.25) is 0 Å². The zero-order valence-electron chi connectivity index (χ0n) is 12.2. The number of aryl methyl sites for hydroxylation is 1. The van der Waals surface area contributed by atoms with Crippen molar-refractivity contribution in [2.24, 2.45) is 7.05 Å². The number of nitrogens with one attached hydrogen (secondary N) is 1. The Morgan fingerprint density at radius 1 is 1.55 bits per heavy atom. The number of hydrogen-bond acceptors (Lipinski definition) is 4. The summed E-state index contributed by atoms with van der Waals surface area (Å²) < 4.78 is 2.87. The third-order valence-corrected chi connectivity index (χ3v) is 5.24. The second kappa shape index (κ2) is 5.82. The Labute approximate surface area is 141 Å². The molecular weight excluding hydrogens is 397 g/mol. The lowest BCUT2D eigenvalue weighted by atomic mass is 10.0. The molecule has 4 N–H and O–H groups in total. The molecule has 1 aliphatic heterocycles. The average Bonchev–Trinajstić information content (AvgIpc) is 2.74. The first-order chi connectivity index (χ1) is 10.5. The number of amides is 1. The van der Waals surface area contributed by atoms with Gasteiger partial charge in [0, 0.05) is 26.2 Å². The fourth-order valence-corrected chi connectivity index (χ4v) is 3.70. The predicted molar refractivity (Wildman–Crippen MR) is 94.2 cm³/mol. The van der Waals surface area contributed by atoms with Gasteiger partial charge in [0.1, 0.15) is 3.70 Å². The topological polar surface area (TPSA) is 96.4 Å². The Morgan fingerprint density at radius 3 is 3.05 bits per heavy atom. The zero-order valence-corrected chi connectivity index (χ0v) is 14.4. The quantitative estimate of drug-likeness (QED) is 0.515. The molecular formula is C14H18IN5O2. The molecule has 1 unspecified atom stereocenters. The maximum atomic E-state index is 10.9. The molecule has 1 amide bonds. The minimum absolute atomic E-state index is 0.0739. The summed E-state index contributed by atoms with van der Waals surface area (Å²) in [6, 6.07) is 3.72. The van der Waals surface area contributed by atoms with E-state index in [1.165, 1.54) is 0 Å². The van der Waals surface area contributed by atoms with Crippen LogP contribution in [0.1, 0.15) is 12.8 Å². The lowest BCUT2D eigenvalue weighted by molar-refractivity contribution is 0.188. The number of carbonyl (C=O) groups is 1. The largest absolute Gasteiger partial charge is 0.465 e. The Balaban J connectivity index is 2.01. The van der Waals surface area contributed by atoms with Gasteiger partial charge >= 0.3 is 6.09 Å². The van der Waals surface area contributed by atoms with Crippen LogP contribution in [0.15, 0.2) is 12.1 Å². The molecule has 3 rings (SSSR count). The number of piperidine rings is 1. The van der Waals surface area contributed by atoms with Crippen LogP contribution < -0.4 is 16.0 Å². The van der Waals surface area contributed by atoms with E-state index < -0.39 is 6.09 Å². The van der Waals surface area contributed by atoms with E-state index in [2.05, 4.69) is 37.9 Å². The van der Waals surface area contributed by atoms with Crippen molar-refractivity contribution in [2.45, 2.75) is 18.9 Å². The molecule has 0 aliphatic carbocycles. The Kier molecular flexibility index (Phi) is 4.02. The highest BCUT2D eigenvalue weighted by Gasteiger charge is 2.25. The number of nitrogen functional groups attached to an aromatic ring is 1. The zero-order chi connectivity index (χ0) is 15.9. The van der Waals surface area contributed by atoms with Gasteiger partial charge in [-0.15, -0.1) is 0 Å². The molecule has 0 saturated carbocycles. The van der Waals surface area contributed by atoms with E-state index in [4.69, 9.17) is 10.8 Å². The van der Waals surface area contributed by atoms with Gasteiger partial charge in [-0.05, 0) is 47.6 Å². The molecule has 1 fully saturated rings. The molecule has 22 heavy (non-hydrogen) atoms. The van der Waals surface area contributed by atoms with E-state index in [-0.39, 0.29) is 6.04 Å². The summed E-state index contributed by atoms with van der Waals surface area (Å²) in [5, 5.41) is 17.0. The summed E-state index contributed by atoms with van der Waals surface area (Å²) in [6.45, 7) is 1.49. The molecule has 0 spiro atoms. The number of carboxylic acid groups (broad SMARTS) is 1. The molecule has 118 valence electrons. The van der Waals surface area contributed by atoms with Crippen LogP contribution in [0.25, 0.3) is 10.9 Å². The van der Waals surface area contributed by atoms with Crippen molar-refractivity contribution >= 4 is 51.0 Å². The predicted octanol–water partition coefficient (Wildman–Crippen LogP) is 2.00. The number of nitrogens with two attached hydrogens (primary N) is 1. The molecule has 0 radical (unpaired) electrons.